The zero-order chi connectivity index (χ0) is 17.4. The van der Waals surface area contributed by atoms with Gasteiger partial charge in [-0.1, -0.05) is 13.0 Å². The highest BCUT2D eigenvalue weighted by molar-refractivity contribution is 7.14. The minimum atomic E-state index is 0.159. The van der Waals surface area contributed by atoms with Crippen molar-refractivity contribution < 1.29 is 4.79 Å². The minimum Gasteiger partial charge on any atom is -0.337 e. The van der Waals surface area contributed by atoms with Gasteiger partial charge in [0.2, 0.25) is 0 Å². The molecule has 3 aromatic heterocycles. The molecular weight excluding hydrogens is 332 g/mol. The summed E-state index contributed by atoms with van der Waals surface area (Å²) in [6.45, 7) is 5.77. The third-order valence-electron chi connectivity index (χ3n) is 4.97. The predicted molar refractivity (Wildman–Crippen MR) is 99.3 cm³/mol. The van der Waals surface area contributed by atoms with E-state index in [1.54, 1.807) is 11.3 Å². The Morgan fingerprint density at radius 2 is 2.24 bits per heavy atom. The van der Waals surface area contributed by atoms with Crippen LogP contribution in [-0.4, -0.2) is 38.5 Å². The fourth-order valence-corrected chi connectivity index (χ4v) is 4.72. The van der Waals surface area contributed by atoms with Gasteiger partial charge in [-0.3, -0.25) is 9.20 Å². The van der Waals surface area contributed by atoms with Crippen LogP contribution in [0, 0.1) is 6.92 Å². The van der Waals surface area contributed by atoms with Crippen molar-refractivity contribution in [2.75, 3.05) is 13.1 Å². The van der Waals surface area contributed by atoms with Crippen LogP contribution in [0.25, 0.3) is 5.65 Å². The number of amides is 1. The van der Waals surface area contributed by atoms with Gasteiger partial charge in [-0.15, -0.1) is 21.5 Å². The maximum Gasteiger partial charge on any atom is 0.263 e. The van der Waals surface area contributed by atoms with E-state index in [0.29, 0.717) is 6.54 Å². The van der Waals surface area contributed by atoms with Crippen molar-refractivity contribution in [1.82, 2.24) is 19.5 Å². The molecule has 3 aromatic rings. The first-order valence-electron chi connectivity index (χ1n) is 8.85. The molecule has 0 saturated carbocycles. The molecule has 4 heterocycles. The van der Waals surface area contributed by atoms with Crippen LogP contribution in [0.4, 0.5) is 0 Å². The fraction of sp³-hybridized carbons (Fsp3) is 0.421. The highest BCUT2D eigenvalue weighted by Crippen LogP contribution is 2.29. The molecular formula is C19H22N4OS. The van der Waals surface area contributed by atoms with Crippen molar-refractivity contribution in [1.29, 1.82) is 0 Å². The van der Waals surface area contributed by atoms with Crippen molar-refractivity contribution in [3.63, 3.8) is 0 Å². The van der Waals surface area contributed by atoms with E-state index in [-0.39, 0.29) is 11.8 Å². The highest BCUT2D eigenvalue weighted by Gasteiger charge is 2.29. The van der Waals surface area contributed by atoms with Gasteiger partial charge in [0.1, 0.15) is 5.82 Å². The summed E-state index contributed by atoms with van der Waals surface area (Å²) in [6.07, 6.45) is 5.03. The molecule has 4 rings (SSSR count). The second kappa shape index (κ2) is 6.59. The van der Waals surface area contributed by atoms with Gasteiger partial charge < -0.3 is 4.90 Å². The molecule has 1 atom stereocenters. The molecule has 0 N–H and O–H groups in total. The van der Waals surface area contributed by atoms with E-state index in [1.807, 2.05) is 39.8 Å². The summed E-state index contributed by atoms with van der Waals surface area (Å²) in [6, 6.07) is 7.96. The summed E-state index contributed by atoms with van der Waals surface area (Å²) in [5, 5.41) is 8.65. The standard InChI is InChI=1S/C19H22N4OS/c1-3-15-13(2)11-16(25-15)19(24)22-9-6-7-14(12-22)18-21-20-17-8-4-5-10-23(17)18/h4-5,8,10-11,14H,3,6-7,9,12H2,1-2H3. The summed E-state index contributed by atoms with van der Waals surface area (Å²) >= 11 is 1.64. The maximum absolute atomic E-state index is 13.0. The lowest BCUT2D eigenvalue weighted by Gasteiger charge is -2.31. The summed E-state index contributed by atoms with van der Waals surface area (Å²) < 4.78 is 2.04. The zero-order valence-electron chi connectivity index (χ0n) is 14.6. The number of likely N-dealkylation sites (tertiary alicyclic amines) is 1. The molecule has 6 heteroatoms. The number of aryl methyl sites for hydroxylation is 2. The van der Waals surface area contributed by atoms with E-state index in [9.17, 15) is 4.79 Å². The molecule has 0 bridgehead atoms. The molecule has 1 unspecified atom stereocenters. The molecule has 1 aliphatic heterocycles. The number of fused-ring (bicyclic) bond motifs is 1. The quantitative estimate of drug-likeness (QED) is 0.721. The number of carbonyl (C=O) groups is 1. The maximum atomic E-state index is 13.0. The third-order valence-corrected chi connectivity index (χ3v) is 6.34. The second-order valence-corrected chi connectivity index (χ2v) is 7.78. The normalized spacial score (nSPS) is 18.0. The lowest BCUT2D eigenvalue weighted by Crippen LogP contribution is -2.39. The molecule has 1 aliphatic rings. The van der Waals surface area contributed by atoms with Crippen LogP contribution in [-0.2, 0) is 6.42 Å². The molecule has 1 amide bonds. The van der Waals surface area contributed by atoms with Crippen LogP contribution >= 0.6 is 11.3 Å². The summed E-state index contributed by atoms with van der Waals surface area (Å²) in [5.41, 5.74) is 2.09. The van der Waals surface area contributed by atoms with Crippen molar-refractivity contribution in [3.8, 4) is 0 Å². The highest BCUT2D eigenvalue weighted by atomic mass is 32.1. The average Bonchev–Trinajstić information content (AvgIpc) is 3.24. The molecule has 5 nitrogen and oxygen atoms in total. The third kappa shape index (κ3) is 2.95. The Kier molecular flexibility index (Phi) is 4.29. The minimum absolute atomic E-state index is 0.159. The summed E-state index contributed by atoms with van der Waals surface area (Å²) in [7, 11) is 0. The van der Waals surface area contributed by atoms with E-state index in [1.165, 1.54) is 10.4 Å². The van der Waals surface area contributed by atoms with Gasteiger partial charge >= 0.3 is 0 Å². The van der Waals surface area contributed by atoms with Crippen molar-refractivity contribution >= 4 is 22.9 Å². The van der Waals surface area contributed by atoms with Crippen LogP contribution < -0.4 is 0 Å². The van der Waals surface area contributed by atoms with Gasteiger partial charge in [0.15, 0.2) is 5.65 Å². The number of thiophene rings is 1. The SMILES string of the molecule is CCc1sc(C(=O)N2CCCC(c3nnc4ccccn34)C2)cc1C. The number of carbonyl (C=O) groups excluding carboxylic acids is 1. The van der Waals surface area contributed by atoms with Gasteiger partial charge in [0.25, 0.3) is 5.91 Å². The summed E-state index contributed by atoms with van der Waals surface area (Å²) in [4.78, 5) is 17.1. The number of hydrogen-bond donors (Lipinski definition) is 0. The lowest BCUT2D eigenvalue weighted by molar-refractivity contribution is 0.0709. The van der Waals surface area contributed by atoms with Crippen LogP contribution in [0.15, 0.2) is 30.5 Å². The predicted octanol–water partition coefficient (Wildman–Crippen LogP) is 3.68. The van der Waals surface area contributed by atoms with E-state index in [2.05, 4.69) is 24.0 Å². The number of pyridine rings is 1. The number of aromatic nitrogens is 3. The molecule has 130 valence electrons. The summed E-state index contributed by atoms with van der Waals surface area (Å²) in [5.74, 6) is 1.36. The number of nitrogens with zero attached hydrogens (tertiary/aromatic N) is 4. The number of hydrogen-bond acceptors (Lipinski definition) is 4. The molecule has 0 aromatic carbocycles. The molecule has 0 spiro atoms. The van der Waals surface area contributed by atoms with Gasteiger partial charge in [-0.05, 0) is 49.9 Å². The largest absolute Gasteiger partial charge is 0.337 e. The van der Waals surface area contributed by atoms with Gasteiger partial charge in [-0.25, -0.2) is 0 Å². The van der Waals surface area contributed by atoms with Crippen molar-refractivity contribution in [3.05, 3.63) is 51.6 Å². The first-order chi connectivity index (χ1) is 12.2. The van der Waals surface area contributed by atoms with Crippen molar-refractivity contribution in [2.24, 2.45) is 0 Å². The van der Waals surface area contributed by atoms with Gasteiger partial charge in [0, 0.05) is 30.1 Å². The first kappa shape index (κ1) is 16.3. The Bertz CT molecular complexity index is 913. The first-order valence-corrected chi connectivity index (χ1v) is 9.67. The molecule has 1 saturated heterocycles. The van der Waals surface area contributed by atoms with Crippen LogP contribution in [0.5, 0.6) is 0 Å². The van der Waals surface area contributed by atoms with E-state index >= 15 is 0 Å². The second-order valence-electron chi connectivity index (χ2n) is 6.65. The topological polar surface area (TPSA) is 50.5 Å². The lowest BCUT2D eigenvalue weighted by atomic mass is 9.97. The zero-order valence-corrected chi connectivity index (χ0v) is 15.4. The molecule has 0 aliphatic carbocycles. The van der Waals surface area contributed by atoms with E-state index in [4.69, 9.17) is 0 Å². The Morgan fingerprint density at radius 3 is 3.04 bits per heavy atom. The number of piperidine rings is 1. The Labute approximate surface area is 151 Å². The van der Waals surface area contributed by atoms with Crippen LogP contribution in [0.1, 0.15) is 51.6 Å². The molecule has 0 radical (unpaired) electrons. The molecule has 1 fully saturated rings. The Balaban J connectivity index is 1.57. The molecule has 25 heavy (non-hydrogen) atoms. The average molecular weight is 354 g/mol. The van der Waals surface area contributed by atoms with E-state index in [0.717, 1.165) is 42.2 Å². The monoisotopic (exact) mass is 354 g/mol. The fourth-order valence-electron chi connectivity index (χ4n) is 3.64. The number of rotatable bonds is 3. The van der Waals surface area contributed by atoms with Crippen molar-refractivity contribution in [2.45, 2.75) is 39.0 Å². The van der Waals surface area contributed by atoms with Crippen LogP contribution in [0.2, 0.25) is 0 Å². The van der Waals surface area contributed by atoms with Gasteiger partial charge in [-0.2, -0.15) is 0 Å². The Morgan fingerprint density at radius 1 is 1.36 bits per heavy atom. The Hall–Kier alpha value is -2.21. The smallest absolute Gasteiger partial charge is 0.263 e. The van der Waals surface area contributed by atoms with Crippen LogP contribution in [0.3, 0.4) is 0 Å². The van der Waals surface area contributed by atoms with Gasteiger partial charge in [0.05, 0.1) is 4.88 Å². The van der Waals surface area contributed by atoms with E-state index < -0.39 is 0 Å².